The summed E-state index contributed by atoms with van der Waals surface area (Å²) in [6, 6.07) is 0.553. The number of nitrogens with zero attached hydrogens (tertiary/aromatic N) is 1. The van der Waals surface area contributed by atoms with Crippen LogP contribution in [0.15, 0.2) is 5.10 Å². The zero-order chi connectivity index (χ0) is 16.0. The van der Waals surface area contributed by atoms with Crippen molar-refractivity contribution in [1.82, 2.24) is 5.43 Å². The largest absolute Gasteiger partial charge is 0.479 e. The van der Waals surface area contributed by atoms with Crippen LogP contribution in [-0.2, 0) is 9.59 Å². The van der Waals surface area contributed by atoms with Gasteiger partial charge in [-0.3, -0.25) is 0 Å². The number of carbonyl (C=O) groups is 2. The minimum Gasteiger partial charge on any atom is -0.479 e. The highest BCUT2D eigenvalue weighted by atomic mass is 16.4. The van der Waals surface area contributed by atoms with E-state index in [1.54, 1.807) is 0 Å². The van der Waals surface area contributed by atoms with Crippen molar-refractivity contribution in [3.63, 3.8) is 0 Å². The normalized spacial score (nSPS) is 24.3. The molecular weight excluding hydrogens is 282 g/mol. The molecule has 0 aromatic rings. The van der Waals surface area contributed by atoms with Crippen LogP contribution < -0.4 is 11.2 Å². The molecule has 0 amide bonds. The molecule has 1 aliphatic carbocycles. The SMILES string of the molecule is NC1=NNC(C2CCCC2)C1.O=C(O)C(O)C(O)C(=O)O. The van der Waals surface area contributed by atoms with Gasteiger partial charge in [0.05, 0.1) is 6.04 Å². The van der Waals surface area contributed by atoms with Crippen LogP contribution in [0.3, 0.4) is 0 Å². The lowest BCUT2D eigenvalue weighted by atomic mass is 9.96. The highest BCUT2D eigenvalue weighted by molar-refractivity contribution is 5.83. The van der Waals surface area contributed by atoms with E-state index < -0.39 is 24.1 Å². The Morgan fingerprint density at radius 1 is 1.14 bits per heavy atom. The summed E-state index contributed by atoms with van der Waals surface area (Å²) in [5, 5.41) is 36.5. The van der Waals surface area contributed by atoms with E-state index in [2.05, 4.69) is 10.5 Å². The number of aliphatic carboxylic acids is 2. The molecule has 3 atom stereocenters. The molecule has 9 heteroatoms. The number of aliphatic hydroxyl groups is 2. The van der Waals surface area contributed by atoms with Gasteiger partial charge in [-0.1, -0.05) is 12.8 Å². The molecule has 1 aliphatic heterocycles. The number of hydrogen-bond acceptors (Lipinski definition) is 7. The third-order valence-corrected chi connectivity index (χ3v) is 3.58. The average Bonchev–Trinajstić information content (AvgIpc) is 3.08. The number of hydrazone groups is 1. The molecule has 7 N–H and O–H groups in total. The van der Waals surface area contributed by atoms with Gasteiger partial charge in [-0.2, -0.15) is 5.10 Å². The summed E-state index contributed by atoms with van der Waals surface area (Å²) < 4.78 is 0. The fraction of sp³-hybridized carbons (Fsp3) is 0.750. The van der Waals surface area contributed by atoms with Crippen LogP contribution in [0, 0.1) is 5.92 Å². The first kappa shape index (κ1) is 17.2. The van der Waals surface area contributed by atoms with Gasteiger partial charge in [0.15, 0.2) is 12.2 Å². The molecule has 21 heavy (non-hydrogen) atoms. The molecule has 1 fully saturated rings. The third kappa shape index (κ3) is 5.20. The Kier molecular flexibility index (Phi) is 6.38. The van der Waals surface area contributed by atoms with Crippen molar-refractivity contribution in [2.24, 2.45) is 16.8 Å². The Morgan fingerprint density at radius 3 is 1.95 bits per heavy atom. The maximum atomic E-state index is 9.77. The van der Waals surface area contributed by atoms with Crippen LogP contribution in [0.5, 0.6) is 0 Å². The minimum atomic E-state index is -2.27. The summed E-state index contributed by atoms with van der Waals surface area (Å²) in [5.41, 5.74) is 8.69. The molecule has 0 aromatic heterocycles. The molecule has 0 radical (unpaired) electrons. The van der Waals surface area contributed by atoms with Crippen LogP contribution in [0.1, 0.15) is 32.1 Å². The van der Waals surface area contributed by atoms with E-state index in [1.165, 1.54) is 25.7 Å². The smallest absolute Gasteiger partial charge is 0.335 e. The van der Waals surface area contributed by atoms with Crippen molar-refractivity contribution in [3.05, 3.63) is 0 Å². The van der Waals surface area contributed by atoms with Gasteiger partial charge in [0.2, 0.25) is 0 Å². The lowest BCUT2D eigenvalue weighted by Gasteiger charge is -2.16. The number of aliphatic hydroxyl groups excluding tert-OH is 2. The molecule has 1 heterocycles. The molecular formula is C12H21N3O6. The first-order valence-electron chi connectivity index (χ1n) is 6.72. The lowest BCUT2D eigenvalue weighted by Crippen LogP contribution is -2.39. The first-order valence-corrected chi connectivity index (χ1v) is 6.72. The van der Waals surface area contributed by atoms with Gasteiger partial charge >= 0.3 is 11.9 Å². The second-order valence-electron chi connectivity index (χ2n) is 5.15. The molecule has 9 nitrogen and oxygen atoms in total. The van der Waals surface area contributed by atoms with Crippen LogP contribution in [0.25, 0.3) is 0 Å². The number of rotatable bonds is 4. The van der Waals surface area contributed by atoms with E-state index in [-0.39, 0.29) is 0 Å². The second-order valence-corrected chi connectivity index (χ2v) is 5.15. The Labute approximate surface area is 121 Å². The number of nitrogens with one attached hydrogen (secondary N) is 1. The molecule has 1 saturated carbocycles. The molecule has 0 bridgehead atoms. The fourth-order valence-corrected chi connectivity index (χ4v) is 2.38. The molecule has 3 unspecified atom stereocenters. The van der Waals surface area contributed by atoms with Crippen molar-refractivity contribution >= 4 is 17.8 Å². The molecule has 0 aromatic carbocycles. The van der Waals surface area contributed by atoms with E-state index in [0.29, 0.717) is 6.04 Å². The van der Waals surface area contributed by atoms with Gasteiger partial charge in [0, 0.05) is 6.42 Å². The summed E-state index contributed by atoms with van der Waals surface area (Å²) in [7, 11) is 0. The van der Waals surface area contributed by atoms with Gasteiger partial charge in [-0.15, -0.1) is 0 Å². The Hall–Kier alpha value is -1.87. The quantitative estimate of drug-likeness (QED) is 0.372. The van der Waals surface area contributed by atoms with E-state index in [1.807, 2.05) is 0 Å². The first-order chi connectivity index (χ1) is 9.82. The van der Waals surface area contributed by atoms with Gasteiger partial charge < -0.3 is 31.6 Å². The monoisotopic (exact) mass is 303 g/mol. The Balaban J connectivity index is 0.000000212. The van der Waals surface area contributed by atoms with Crippen molar-refractivity contribution in [2.75, 3.05) is 0 Å². The van der Waals surface area contributed by atoms with E-state index in [4.69, 9.17) is 26.2 Å². The summed E-state index contributed by atoms with van der Waals surface area (Å²) in [6.45, 7) is 0. The van der Waals surface area contributed by atoms with Gasteiger partial charge in [-0.25, -0.2) is 9.59 Å². The zero-order valence-corrected chi connectivity index (χ0v) is 11.5. The highest BCUT2D eigenvalue weighted by Crippen LogP contribution is 2.30. The summed E-state index contributed by atoms with van der Waals surface area (Å²) >= 11 is 0. The second kappa shape index (κ2) is 7.79. The van der Waals surface area contributed by atoms with Crippen LogP contribution >= 0.6 is 0 Å². The van der Waals surface area contributed by atoms with Gasteiger partial charge in [0.1, 0.15) is 5.84 Å². The van der Waals surface area contributed by atoms with E-state index >= 15 is 0 Å². The fourth-order valence-electron chi connectivity index (χ4n) is 2.38. The standard InChI is InChI=1S/C8H15N3.C4H6O6/c9-8-5-7(10-11-8)6-3-1-2-4-6;5-1(3(7)8)2(6)4(9)10/h6-7,10H,1-5H2,(H2,9,11);1-2,5-6H,(H,7,8)(H,9,10). The maximum Gasteiger partial charge on any atom is 0.335 e. The van der Waals surface area contributed by atoms with Crippen LogP contribution in [0.4, 0.5) is 0 Å². The predicted molar refractivity (Wildman–Crippen MR) is 72.4 cm³/mol. The van der Waals surface area contributed by atoms with Crippen molar-refractivity contribution in [1.29, 1.82) is 0 Å². The Bertz CT molecular complexity index is 390. The Morgan fingerprint density at radius 2 is 1.62 bits per heavy atom. The number of hydrogen-bond donors (Lipinski definition) is 6. The predicted octanol–water partition coefficient (Wildman–Crippen LogP) is -1.31. The zero-order valence-electron chi connectivity index (χ0n) is 11.5. The topological polar surface area (TPSA) is 165 Å². The van der Waals surface area contributed by atoms with Crippen molar-refractivity contribution in [3.8, 4) is 0 Å². The lowest BCUT2D eigenvalue weighted by molar-refractivity contribution is -0.165. The number of amidine groups is 1. The third-order valence-electron chi connectivity index (χ3n) is 3.58. The number of carboxylic acid groups (broad SMARTS) is 2. The van der Waals surface area contributed by atoms with Crippen LogP contribution in [-0.4, -0.2) is 56.5 Å². The summed E-state index contributed by atoms with van der Waals surface area (Å²) in [5.74, 6) is -1.92. The maximum absolute atomic E-state index is 9.77. The number of carboxylic acids is 2. The number of nitrogens with two attached hydrogens (primary N) is 1. The highest BCUT2D eigenvalue weighted by Gasteiger charge is 2.29. The summed E-state index contributed by atoms with van der Waals surface area (Å²) in [6.07, 6.45) is 1.94. The van der Waals surface area contributed by atoms with E-state index in [0.717, 1.165) is 18.2 Å². The molecule has 0 saturated heterocycles. The molecule has 120 valence electrons. The van der Waals surface area contributed by atoms with Gasteiger partial charge in [-0.05, 0) is 18.8 Å². The van der Waals surface area contributed by atoms with Crippen molar-refractivity contribution < 1.29 is 30.0 Å². The van der Waals surface area contributed by atoms with Crippen LogP contribution in [0.2, 0.25) is 0 Å². The van der Waals surface area contributed by atoms with Gasteiger partial charge in [0.25, 0.3) is 0 Å². The van der Waals surface area contributed by atoms with Crippen molar-refractivity contribution in [2.45, 2.75) is 50.4 Å². The summed E-state index contributed by atoms with van der Waals surface area (Å²) in [4.78, 5) is 19.5. The molecule has 2 rings (SSSR count). The molecule has 0 spiro atoms. The van der Waals surface area contributed by atoms with E-state index in [9.17, 15) is 9.59 Å². The average molecular weight is 303 g/mol. The minimum absolute atomic E-state index is 0.553. The molecule has 2 aliphatic rings.